The molecule has 4 heteroatoms. The van der Waals surface area contributed by atoms with Gasteiger partial charge in [-0.3, -0.25) is 4.79 Å². The summed E-state index contributed by atoms with van der Waals surface area (Å²) in [7, 11) is 0. The highest BCUT2D eigenvalue weighted by atomic mass is 16.3. The summed E-state index contributed by atoms with van der Waals surface area (Å²) in [4.78, 5) is 11.6. The number of aliphatic hydroxyl groups is 1. The molecule has 1 amide bonds. The van der Waals surface area contributed by atoms with Crippen molar-refractivity contribution in [3.8, 4) is 0 Å². The Morgan fingerprint density at radius 1 is 1.53 bits per heavy atom. The molecule has 0 aromatic carbocycles. The molecule has 1 aromatic heterocycles. The average molecular weight is 237 g/mol. The van der Waals surface area contributed by atoms with Crippen molar-refractivity contribution < 1.29 is 14.3 Å². The minimum Gasteiger partial charge on any atom is -0.469 e. The Morgan fingerprint density at radius 3 is 3.06 bits per heavy atom. The molecule has 1 aliphatic rings. The normalized spacial score (nSPS) is 23.8. The van der Waals surface area contributed by atoms with E-state index in [9.17, 15) is 9.90 Å². The Labute approximate surface area is 101 Å². The molecule has 4 nitrogen and oxygen atoms in total. The van der Waals surface area contributed by atoms with Crippen LogP contribution in [0.2, 0.25) is 0 Å². The Bertz CT molecular complexity index is 348. The highest BCUT2D eigenvalue weighted by molar-refractivity contribution is 5.76. The molecule has 1 saturated carbocycles. The number of amides is 1. The Hall–Kier alpha value is -1.29. The van der Waals surface area contributed by atoms with Crippen molar-refractivity contribution in [2.24, 2.45) is 5.92 Å². The minimum atomic E-state index is -0.167. The van der Waals surface area contributed by atoms with Gasteiger partial charge in [-0.25, -0.2) is 0 Å². The smallest absolute Gasteiger partial charge is 0.220 e. The number of rotatable bonds is 5. The van der Waals surface area contributed by atoms with E-state index in [4.69, 9.17) is 4.42 Å². The number of hydrogen-bond donors (Lipinski definition) is 2. The minimum absolute atomic E-state index is 0.0581. The molecule has 1 aromatic rings. The molecule has 17 heavy (non-hydrogen) atoms. The van der Waals surface area contributed by atoms with Gasteiger partial charge in [0.15, 0.2) is 0 Å². The number of furan rings is 1. The number of nitrogens with one attached hydrogen (secondary N) is 1. The maximum Gasteiger partial charge on any atom is 0.220 e. The zero-order chi connectivity index (χ0) is 12.1. The van der Waals surface area contributed by atoms with Crippen LogP contribution in [-0.4, -0.2) is 23.7 Å². The topological polar surface area (TPSA) is 62.5 Å². The highest BCUT2D eigenvalue weighted by Gasteiger charge is 2.22. The summed E-state index contributed by atoms with van der Waals surface area (Å²) in [6.45, 7) is 0.689. The molecule has 2 rings (SSSR count). The van der Waals surface area contributed by atoms with Crippen molar-refractivity contribution in [3.63, 3.8) is 0 Å². The predicted molar refractivity (Wildman–Crippen MR) is 63.4 cm³/mol. The van der Waals surface area contributed by atoms with E-state index in [-0.39, 0.29) is 12.0 Å². The molecular weight excluding hydrogens is 218 g/mol. The fourth-order valence-electron chi connectivity index (χ4n) is 2.27. The molecule has 0 saturated heterocycles. The molecule has 2 N–H and O–H groups in total. The number of carbonyl (C=O) groups is 1. The predicted octanol–water partition coefficient (Wildman–Crippen LogP) is 1.49. The van der Waals surface area contributed by atoms with Gasteiger partial charge in [0.2, 0.25) is 5.91 Å². The third-order valence-corrected chi connectivity index (χ3v) is 3.28. The van der Waals surface area contributed by atoms with Crippen LogP contribution in [0.4, 0.5) is 0 Å². The van der Waals surface area contributed by atoms with Crippen LogP contribution >= 0.6 is 0 Å². The highest BCUT2D eigenvalue weighted by Crippen LogP contribution is 2.24. The third-order valence-electron chi connectivity index (χ3n) is 3.28. The molecule has 0 radical (unpaired) electrons. The summed E-state index contributed by atoms with van der Waals surface area (Å²) in [5, 5.41) is 12.3. The maximum atomic E-state index is 11.6. The van der Waals surface area contributed by atoms with Crippen LogP contribution in [0, 0.1) is 5.92 Å². The second-order valence-electron chi connectivity index (χ2n) is 4.72. The molecule has 2 atom stereocenters. The van der Waals surface area contributed by atoms with Gasteiger partial charge >= 0.3 is 0 Å². The number of aryl methyl sites for hydroxylation is 1. The van der Waals surface area contributed by atoms with Crippen LogP contribution in [0.1, 0.15) is 31.4 Å². The first kappa shape index (κ1) is 12.2. The van der Waals surface area contributed by atoms with E-state index >= 15 is 0 Å². The van der Waals surface area contributed by atoms with Gasteiger partial charge in [-0.1, -0.05) is 0 Å². The third kappa shape index (κ3) is 3.89. The molecule has 1 fully saturated rings. The van der Waals surface area contributed by atoms with Gasteiger partial charge in [0.05, 0.1) is 12.4 Å². The van der Waals surface area contributed by atoms with Gasteiger partial charge in [0.1, 0.15) is 5.76 Å². The van der Waals surface area contributed by atoms with Gasteiger partial charge < -0.3 is 14.8 Å². The summed E-state index contributed by atoms with van der Waals surface area (Å²) in [5.41, 5.74) is 0. The van der Waals surface area contributed by atoms with Crippen molar-refractivity contribution in [1.29, 1.82) is 0 Å². The lowest BCUT2D eigenvalue weighted by Gasteiger charge is -2.10. The van der Waals surface area contributed by atoms with Crippen LogP contribution in [0.5, 0.6) is 0 Å². The monoisotopic (exact) mass is 237 g/mol. The van der Waals surface area contributed by atoms with E-state index in [0.29, 0.717) is 25.3 Å². The largest absolute Gasteiger partial charge is 0.469 e. The quantitative estimate of drug-likeness (QED) is 0.815. The SMILES string of the molecule is O=C(CCc1ccco1)NCC1CCC(O)C1. The lowest BCUT2D eigenvalue weighted by Crippen LogP contribution is -2.28. The van der Waals surface area contributed by atoms with Crippen molar-refractivity contribution in [2.45, 2.75) is 38.2 Å². The Balaban J connectivity index is 1.61. The first-order valence-corrected chi connectivity index (χ1v) is 6.21. The summed E-state index contributed by atoms with van der Waals surface area (Å²) in [5.74, 6) is 1.34. The lowest BCUT2D eigenvalue weighted by molar-refractivity contribution is -0.121. The lowest BCUT2D eigenvalue weighted by atomic mass is 10.1. The molecule has 0 spiro atoms. The van der Waals surface area contributed by atoms with Gasteiger partial charge in [-0.05, 0) is 37.3 Å². The van der Waals surface area contributed by atoms with Gasteiger partial charge in [0.25, 0.3) is 0 Å². The first-order chi connectivity index (χ1) is 8.24. The molecule has 1 heterocycles. The summed E-state index contributed by atoms with van der Waals surface area (Å²) in [6, 6.07) is 3.70. The van der Waals surface area contributed by atoms with E-state index in [1.807, 2.05) is 12.1 Å². The van der Waals surface area contributed by atoms with Gasteiger partial charge in [-0.2, -0.15) is 0 Å². The van der Waals surface area contributed by atoms with Crippen molar-refractivity contribution in [1.82, 2.24) is 5.32 Å². The number of hydrogen-bond acceptors (Lipinski definition) is 3. The zero-order valence-corrected chi connectivity index (χ0v) is 9.89. The zero-order valence-electron chi connectivity index (χ0n) is 9.89. The second-order valence-corrected chi connectivity index (χ2v) is 4.72. The molecular formula is C13H19NO3. The molecule has 1 aliphatic carbocycles. The first-order valence-electron chi connectivity index (χ1n) is 6.21. The summed E-state index contributed by atoms with van der Waals surface area (Å²) >= 11 is 0. The van der Waals surface area contributed by atoms with E-state index < -0.39 is 0 Å². The van der Waals surface area contributed by atoms with Crippen molar-refractivity contribution >= 4 is 5.91 Å². The second kappa shape index (κ2) is 5.87. The summed E-state index contributed by atoms with van der Waals surface area (Å²) in [6.07, 6.45) is 5.26. The fraction of sp³-hybridized carbons (Fsp3) is 0.615. The van der Waals surface area contributed by atoms with Crippen molar-refractivity contribution in [2.75, 3.05) is 6.54 Å². The standard InChI is InChI=1S/C13H19NO3/c15-11-4-3-10(8-11)9-14-13(16)6-5-12-2-1-7-17-12/h1-2,7,10-11,15H,3-6,8-9H2,(H,14,16). The van der Waals surface area contributed by atoms with Crippen LogP contribution in [0.15, 0.2) is 22.8 Å². The molecule has 0 aliphatic heterocycles. The van der Waals surface area contributed by atoms with E-state index in [0.717, 1.165) is 25.0 Å². The molecule has 2 unspecified atom stereocenters. The van der Waals surface area contributed by atoms with Gasteiger partial charge in [-0.15, -0.1) is 0 Å². The van der Waals surface area contributed by atoms with Gasteiger partial charge in [0, 0.05) is 19.4 Å². The fourth-order valence-corrected chi connectivity index (χ4v) is 2.27. The number of carbonyl (C=O) groups excluding carboxylic acids is 1. The Kier molecular flexibility index (Phi) is 4.20. The van der Waals surface area contributed by atoms with Crippen LogP contribution in [0.25, 0.3) is 0 Å². The number of aliphatic hydroxyl groups excluding tert-OH is 1. The molecule has 0 bridgehead atoms. The van der Waals surface area contributed by atoms with Crippen LogP contribution in [-0.2, 0) is 11.2 Å². The molecule has 94 valence electrons. The summed E-state index contributed by atoms with van der Waals surface area (Å²) < 4.78 is 5.16. The van der Waals surface area contributed by atoms with Crippen LogP contribution < -0.4 is 5.32 Å². The van der Waals surface area contributed by atoms with E-state index in [1.54, 1.807) is 6.26 Å². The van der Waals surface area contributed by atoms with Crippen LogP contribution in [0.3, 0.4) is 0 Å². The Morgan fingerprint density at radius 2 is 2.41 bits per heavy atom. The maximum absolute atomic E-state index is 11.6. The van der Waals surface area contributed by atoms with E-state index in [2.05, 4.69) is 5.32 Å². The van der Waals surface area contributed by atoms with Crippen molar-refractivity contribution in [3.05, 3.63) is 24.2 Å². The van der Waals surface area contributed by atoms with E-state index in [1.165, 1.54) is 0 Å². The average Bonchev–Trinajstić information content (AvgIpc) is 2.95.